The molecular weight excluding hydrogens is 162 g/mol. The number of rotatable bonds is 1. The van der Waals surface area contributed by atoms with E-state index in [1.165, 1.54) is 0 Å². The van der Waals surface area contributed by atoms with E-state index in [1.54, 1.807) is 19.3 Å². The SMILES string of the molecule is CNC(=S)N=Nc1ccn[nH]1. The zero-order valence-electron chi connectivity index (χ0n) is 5.90. The maximum atomic E-state index is 4.72. The van der Waals surface area contributed by atoms with Crippen LogP contribution in [0.4, 0.5) is 5.82 Å². The predicted molar refractivity (Wildman–Crippen MR) is 44.8 cm³/mol. The van der Waals surface area contributed by atoms with Gasteiger partial charge in [0.2, 0.25) is 5.11 Å². The van der Waals surface area contributed by atoms with Crippen LogP contribution in [-0.2, 0) is 0 Å². The Morgan fingerprint density at radius 3 is 3.18 bits per heavy atom. The minimum atomic E-state index is 0.347. The van der Waals surface area contributed by atoms with Gasteiger partial charge in [0, 0.05) is 13.1 Å². The fourth-order valence-electron chi connectivity index (χ4n) is 0.454. The van der Waals surface area contributed by atoms with Gasteiger partial charge >= 0.3 is 0 Å². The first-order valence-corrected chi connectivity index (χ1v) is 3.36. The van der Waals surface area contributed by atoms with Crippen LogP contribution in [0.15, 0.2) is 22.5 Å². The highest BCUT2D eigenvalue weighted by atomic mass is 32.1. The van der Waals surface area contributed by atoms with Gasteiger partial charge in [0.05, 0.1) is 6.20 Å². The van der Waals surface area contributed by atoms with Crippen molar-refractivity contribution < 1.29 is 0 Å². The van der Waals surface area contributed by atoms with Crippen molar-refractivity contribution in [3.05, 3.63) is 12.3 Å². The monoisotopic (exact) mass is 169 g/mol. The highest BCUT2D eigenvalue weighted by molar-refractivity contribution is 7.80. The third-order valence-electron chi connectivity index (χ3n) is 0.948. The Labute approximate surface area is 68.9 Å². The van der Waals surface area contributed by atoms with Crippen LogP contribution in [0.3, 0.4) is 0 Å². The van der Waals surface area contributed by atoms with Crippen LogP contribution >= 0.6 is 12.2 Å². The largest absolute Gasteiger partial charge is 0.363 e. The zero-order valence-corrected chi connectivity index (χ0v) is 6.72. The van der Waals surface area contributed by atoms with Gasteiger partial charge in [-0.3, -0.25) is 5.10 Å². The summed E-state index contributed by atoms with van der Waals surface area (Å²) in [7, 11) is 1.69. The first kappa shape index (κ1) is 7.80. The average molecular weight is 169 g/mol. The summed E-state index contributed by atoms with van der Waals surface area (Å²) in [6, 6.07) is 1.70. The summed E-state index contributed by atoms with van der Waals surface area (Å²) in [5.41, 5.74) is 0. The molecular formula is C5H7N5S. The molecule has 0 aliphatic carbocycles. The van der Waals surface area contributed by atoms with Crippen LogP contribution in [0.25, 0.3) is 0 Å². The Morgan fingerprint density at radius 2 is 2.64 bits per heavy atom. The normalized spacial score (nSPS) is 10.3. The highest BCUT2D eigenvalue weighted by Gasteiger charge is 1.88. The molecule has 0 saturated carbocycles. The molecule has 2 N–H and O–H groups in total. The summed E-state index contributed by atoms with van der Waals surface area (Å²) in [5, 5.41) is 16.7. The van der Waals surface area contributed by atoms with Crippen molar-refractivity contribution in [2.45, 2.75) is 0 Å². The summed E-state index contributed by atoms with van der Waals surface area (Å²) < 4.78 is 0. The molecule has 0 aromatic carbocycles. The van der Waals surface area contributed by atoms with Crippen LogP contribution in [0.2, 0.25) is 0 Å². The van der Waals surface area contributed by atoms with Gasteiger partial charge in [-0.2, -0.15) is 5.10 Å². The molecule has 5 nitrogen and oxygen atoms in total. The lowest BCUT2D eigenvalue weighted by molar-refractivity contribution is 1.05. The molecule has 0 aliphatic heterocycles. The van der Waals surface area contributed by atoms with Crippen LogP contribution in [0.5, 0.6) is 0 Å². The number of aromatic nitrogens is 2. The van der Waals surface area contributed by atoms with Gasteiger partial charge in [-0.15, -0.1) is 10.2 Å². The quantitative estimate of drug-likeness (QED) is 0.487. The van der Waals surface area contributed by atoms with E-state index in [0.717, 1.165) is 0 Å². The number of nitrogens with one attached hydrogen (secondary N) is 2. The van der Waals surface area contributed by atoms with Crippen molar-refractivity contribution in [3.63, 3.8) is 0 Å². The molecule has 11 heavy (non-hydrogen) atoms. The summed E-state index contributed by atoms with van der Waals surface area (Å²) >= 11 is 4.72. The first-order valence-electron chi connectivity index (χ1n) is 2.96. The van der Waals surface area contributed by atoms with E-state index in [9.17, 15) is 0 Å². The maximum Gasteiger partial charge on any atom is 0.213 e. The number of nitrogens with zero attached hydrogens (tertiary/aromatic N) is 3. The molecule has 0 bridgehead atoms. The first-order chi connectivity index (χ1) is 5.33. The van der Waals surface area contributed by atoms with Gasteiger partial charge in [0.15, 0.2) is 5.82 Å². The summed E-state index contributed by atoms with van der Waals surface area (Å²) in [6.45, 7) is 0. The van der Waals surface area contributed by atoms with Crippen molar-refractivity contribution in [1.29, 1.82) is 0 Å². The van der Waals surface area contributed by atoms with E-state index in [-0.39, 0.29) is 0 Å². The molecule has 0 radical (unpaired) electrons. The second-order valence-electron chi connectivity index (χ2n) is 1.70. The third kappa shape index (κ3) is 2.42. The van der Waals surface area contributed by atoms with Crippen molar-refractivity contribution in [2.75, 3.05) is 7.05 Å². The molecule has 0 unspecified atom stereocenters. The Hall–Kier alpha value is -1.30. The molecule has 1 aromatic rings. The van der Waals surface area contributed by atoms with E-state index in [1.807, 2.05) is 0 Å². The van der Waals surface area contributed by atoms with E-state index >= 15 is 0 Å². The van der Waals surface area contributed by atoms with Crippen LogP contribution in [0.1, 0.15) is 0 Å². The molecule has 6 heteroatoms. The molecule has 0 amide bonds. The van der Waals surface area contributed by atoms with Crippen LogP contribution in [0, 0.1) is 0 Å². The van der Waals surface area contributed by atoms with E-state index in [2.05, 4.69) is 25.7 Å². The smallest absolute Gasteiger partial charge is 0.213 e. The van der Waals surface area contributed by atoms with Gasteiger partial charge in [-0.25, -0.2) is 0 Å². The summed E-state index contributed by atoms with van der Waals surface area (Å²) in [4.78, 5) is 0. The van der Waals surface area contributed by atoms with Crippen molar-refractivity contribution >= 4 is 23.1 Å². The molecule has 58 valence electrons. The Bertz CT molecular complexity index is 252. The van der Waals surface area contributed by atoms with Gasteiger partial charge in [-0.1, -0.05) is 0 Å². The van der Waals surface area contributed by atoms with Crippen molar-refractivity contribution in [3.8, 4) is 0 Å². The molecule has 1 aromatic heterocycles. The van der Waals surface area contributed by atoms with Gasteiger partial charge in [0.25, 0.3) is 0 Å². The van der Waals surface area contributed by atoms with E-state index in [4.69, 9.17) is 12.2 Å². The molecule has 0 atom stereocenters. The number of H-pyrrole nitrogens is 1. The Morgan fingerprint density at radius 1 is 1.82 bits per heavy atom. The van der Waals surface area contributed by atoms with Crippen molar-refractivity contribution in [2.24, 2.45) is 10.2 Å². The zero-order chi connectivity index (χ0) is 8.10. The highest BCUT2D eigenvalue weighted by Crippen LogP contribution is 2.03. The molecule has 0 fully saturated rings. The minimum absolute atomic E-state index is 0.347. The van der Waals surface area contributed by atoms with Crippen molar-refractivity contribution in [1.82, 2.24) is 15.5 Å². The lowest BCUT2D eigenvalue weighted by atomic mass is 10.7. The number of hydrogen-bond donors (Lipinski definition) is 2. The molecule has 0 saturated heterocycles. The predicted octanol–water partition coefficient (Wildman–Crippen LogP) is 0.998. The molecule has 0 aliphatic rings. The fraction of sp³-hybridized carbons (Fsp3) is 0.200. The number of hydrogen-bond acceptors (Lipinski definition) is 3. The topological polar surface area (TPSA) is 65.4 Å². The number of aromatic amines is 1. The second-order valence-corrected chi connectivity index (χ2v) is 2.08. The average Bonchev–Trinajstić information content (AvgIpc) is 2.52. The third-order valence-corrected chi connectivity index (χ3v) is 1.23. The summed E-state index contributed by atoms with van der Waals surface area (Å²) in [6.07, 6.45) is 1.59. The number of azo groups is 1. The lowest BCUT2D eigenvalue weighted by Gasteiger charge is -1.89. The fourth-order valence-corrected chi connectivity index (χ4v) is 0.494. The van der Waals surface area contributed by atoms with Gasteiger partial charge < -0.3 is 5.32 Å². The van der Waals surface area contributed by atoms with Gasteiger partial charge in [0.1, 0.15) is 0 Å². The van der Waals surface area contributed by atoms with E-state index < -0.39 is 0 Å². The summed E-state index contributed by atoms with van der Waals surface area (Å²) in [5.74, 6) is 0.586. The van der Waals surface area contributed by atoms with Crippen LogP contribution < -0.4 is 5.32 Å². The number of thiocarbonyl (C=S) groups is 1. The Balaban J connectivity index is 2.55. The standard InChI is InChI=1S/C5H7N5S/c1-6-5(11)10-9-4-2-3-7-8-4/h2-3H,1H3,(H,6,11)(H,7,8). The molecule has 0 spiro atoms. The maximum absolute atomic E-state index is 4.72. The van der Waals surface area contributed by atoms with E-state index in [0.29, 0.717) is 10.9 Å². The molecule has 1 heterocycles. The minimum Gasteiger partial charge on any atom is -0.363 e. The van der Waals surface area contributed by atoms with Crippen LogP contribution in [-0.4, -0.2) is 22.4 Å². The Kier molecular flexibility index (Phi) is 2.67. The van der Waals surface area contributed by atoms with Gasteiger partial charge in [-0.05, 0) is 12.2 Å². The second kappa shape index (κ2) is 3.77. The lowest BCUT2D eigenvalue weighted by Crippen LogP contribution is -2.11. The molecule has 1 rings (SSSR count).